The van der Waals surface area contributed by atoms with E-state index in [1.165, 1.54) is 6.20 Å². The van der Waals surface area contributed by atoms with Gasteiger partial charge in [0.15, 0.2) is 17.7 Å². The zero-order valence-corrected chi connectivity index (χ0v) is 12.2. The quantitative estimate of drug-likeness (QED) is 0.885. The fourth-order valence-electron chi connectivity index (χ4n) is 1.98. The number of nitrogens with zero attached hydrogens (tertiary/aromatic N) is 1. The van der Waals surface area contributed by atoms with Crippen LogP contribution in [0, 0.1) is 18.6 Å². The Bertz CT molecular complexity index is 733. The summed E-state index contributed by atoms with van der Waals surface area (Å²) in [5.41, 5.74) is 1.36. The lowest BCUT2D eigenvalue weighted by Gasteiger charge is -2.15. The highest BCUT2D eigenvalue weighted by atomic mass is 19.2. The summed E-state index contributed by atoms with van der Waals surface area (Å²) in [5, 5.41) is 11.5. The summed E-state index contributed by atoms with van der Waals surface area (Å²) in [5.74, 6) is -4.19. The van der Waals surface area contributed by atoms with E-state index in [2.05, 4.69) is 10.3 Å². The second kappa shape index (κ2) is 6.95. The molecule has 5 nitrogen and oxygen atoms in total. The van der Waals surface area contributed by atoms with Gasteiger partial charge in [0.1, 0.15) is 0 Å². The largest absolute Gasteiger partial charge is 0.479 e. The van der Waals surface area contributed by atoms with E-state index in [-0.39, 0.29) is 12.0 Å². The monoisotopic (exact) mass is 320 g/mol. The second-order valence-corrected chi connectivity index (χ2v) is 5.00. The minimum atomic E-state index is -1.46. The average Bonchev–Trinajstić information content (AvgIpc) is 2.50. The Morgan fingerprint density at radius 2 is 1.96 bits per heavy atom. The van der Waals surface area contributed by atoms with E-state index in [0.29, 0.717) is 5.56 Å². The van der Waals surface area contributed by atoms with Crippen molar-refractivity contribution in [3.63, 3.8) is 0 Å². The highest BCUT2D eigenvalue weighted by molar-refractivity contribution is 5.85. The summed E-state index contributed by atoms with van der Waals surface area (Å²) in [4.78, 5) is 27.3. The molecule has 1 aromatic heterocycles. The van der Waals surface area contributed by atoms with Gasteiger partial charge >= 0.3 is 5.97 Å². The number of hydrogen-bond donors (Lipinski definition) is 2. The van der Waals surface area contributed by atoms with E-state index >= 15 is 0 Å². The van der Waals surface area contributed by atoms with Gasteiger partial charge in [0.05, 0.1) is 6.42 Å². The second-order valence-electron chi connectivity index (χ2n) is 5.00. The van der Waals surface area contributed by atoms with Crippen LogP contribution in [0.2, 0.25) is 0 Å². The van der Waals surface area contributed by atoms with Gasteiger partial charge in [-0.3, -0.25) is 9.78 Å². The van der Waals surface area contributed by atoms with Crippen molar-refractivity contribution in [1.82, 2.24) is 10.3 Å². The number of benzene rings is 1. The van der Waals surface area contributed by atoms with E-state index < -0.39 is 29.6 Å². The molecular formula is C16H14F2N2O3. The molecule has 2 aromatic rings. The van der Waals surface area contributed by atoms with Crippen LogP contribution in [0.3, 0.4) is 0 Å². The van der Waals surface area contributed by atoms with Crippen LogP contribution in [-0.2, 0) is 16.0 Å². The Hall–Kier alpha value is -2.83. The van der Waals surface area contributed by atoms with E-state index in [4.69, 9.17) is 0 Å². The van der Waals surface area contributed by atoms with Gasteiger partial charge in [-0.25, -0.2) is 13.6 Å². The molecule has 0 bridgehead atoms. The minimum Gasteiger partial charge on any atom is -0.479 e. The lowest BCUT2D eigenvalue weighted by Crippen LogP contribution is -2.34. The van der Waals surface area contributed by atoms with E-state index in [0.717, 1.165) is 23.9 Å². The molecule has 0 aliphatic heterocycles. The molecule has 120 valence electrons. The molecule has 0 aliphatic carbocycles. The van der Waals surface area contributed by atoms with Gasteiger partial charge in [-0.05, 0) is 36.2 Å². The molecule has 2 rings (SSSR count). The standard InChI is InChI=1S/C16H14F2N2O3/c1-9-2-3-10(8-19-9)6-14(21)20-15(16(22)23)11-4-5-12(17)13(18)7-11/h2-5,7-8,15H,6H2,1H3,(H,20,21)(H,22,23)/t15-/m0/s1. The van der Waals surface area contributed by atoms with Crippen LogP contribution in [0.25, 0.3) is 0 Å². The molecule has 0 fully saturated rings. The Kier molecular flexibility index (Phi) is 5.00. The zero-order chi connectivity index (χ0) is 17.0. The highest BCUT2D eigenvalue weighted by Crippen LogP contribution is 2.17. The molecule has 0 aliphatic rings. The maximum Gasteiger partial charge on any atom is 0.330 e. The number of rotatable bonds is 5. The van der Waals surface area contributed by atoms with E-state index in [9.17, 15) is 23.5 Å². The highest BCUT2D eigenvalue weighted by Gasteiger charge is 2.23. The lowest BCUT2D eigenvalue weighted by atomic mass is 10.1. The third kappa shape index (κ3) is 4.32. The number of pyridine rings is 1. The van der Waals surface area contributed by atoms with Crippen LogP contribution in [-0.4, -0.2) is 22.0 Å². The van der Waals surface area contributed by atoms with Crippen LogP contribution in [0.15, 0.2) is 36.5 Å². The normalized spacial score (nSPS) is 11.8. The topological polar surface area (TPSA) is 79.3 Å². The first kappa shape index (κ1) is 16.5. The van der Waals surface area contributed by atoms with Crippen molar-refractivity contribution in [2.24, 2.45) is 0 Å². The van der Waals surface area contributed by atoms with Crippen molar-refractivity contribution >= 4 is 11.9 Å². The van der Waals surface area contributed by atoms with Gasteiger partial charge in [-0.15, -0.1) is 0 Å². The smallest absolute Gasteiger partial charge is 0.330 e. The summed E-state index contributed by atoms with van der Waals surface area (Å²) in [6.45, 7) is 1.80. The average molecular weight is 320 g/mol. The van der Waals surface area contributed by atoms with Crippen molar-refractivity contribution in [1.29, 1.82) is 0 Å². The van der Waals surface area contributed by atoms with Crippen LogP contribution in [0.5, 0.6) is 0 Å². The molecule has 0 saturated carbocycles. The summed E-state index contributed by atoms with van der Waals surface area (Å²) >= 11 is 0. The van der Waals surface area contributed by atoms with E-state index in [1.807, 2.05) is 0 Å². The Balaban J connectivity index is 2.12. The van der Waals surface area contributed by atoms with Crippen molar-refractivity contribution in [3.05, 3.63) is 65.0 Å². The molecule has 23 heavy (non-hydrogen) atoms. The van der Waals surface area contributed by atoms with Crippen LogP contribution < -0.4 is 5.32 Å². The number of amides is 1. The summed E-state index contributed by atoms with van der Waals surface area (Å²) < 4.78 is 26.2. The summed E-state index contributed by atoms with van der Waals surface area (Å²) in [6.07, 6.45) is 1.45. The molecular weight excluding hydrogens is 306 g/mol. The molecule has 0 saturated heterocycles. The maximum atomic E-state index is 13.2. The summed E-state index contributed by atoms with van der Waals surface area (Å²) in [6, 6.07) is 4.65. The number of carboxylic acid groups (broad SMARTS) is 1. The van der Waals surface area contributed by atoms with Crippen molar-refractivity contribution in [2.45, 2.75) is 19.4 Å². The molecule has 0 unspecified atom stereocenters. The predicted molar refractivity (Wildman–Crippen MR) is 77.6 cm³/mol. The predicted octanol–water partition coefficient (Wildman–Crippen LogP) is 2.15. The van der Waals surface area contributed by atoms with Gasteiger partial charge in [0.25, 0.3) is 0 Å². The number of aromatic nitrogens is 1. The third-order valence-electron chi connectivity index (χ3n) is 3.17. The van der Waals surface area contributed by atoms with Crippen LogP contribution >= 0.6 is 0 Å². The number of carbonyl (C=O) groups is 2. The first-order chi connectivity index (χ1) is 10.9. The Labute approximate surface area is 131 Å². The SMILES string of the molecule is Cc1ccc(CC(=O)N[C@H](C(=O)O)c2ccc(F)c(F)c2)cn1. The van der Waals surface area contributed by atoms with Gasteiger partial charge in [-0.2, -0.15) is 0 Å². The number of aryl methyl sites for hydroxylation is 1. The van der Waals surface area contributed by atoms with Gasteiger partial charge in [-0.1, -0.05) is 12.1 Å². The minimum absolute atomic E-state index is 0.0493. The third-order valence-corrected chi connectivity index (χ3v) is 3.17. The number of nitrogens with one attached hydrogen (secondary N) is 1. The van der Waals surface area contributed by atoms with Crippen molar-refractivity contribution in [3.8, 4) is 0 Å². The number of carboxylic acids is 1. The molecule has 1 atom stereocenters. The molecule has 1 amide bonds. The number of carbonyl (C=O) groups excluding carboxylic acids is 1. The number of aliphatic carboxylic acids is 1. The van der Waals surface area contributed by atoms with Crippen LogP contribution in [0.1, 0.15) is 22.9 Å². The van der Waals surface area contributed by atoms with Crippen molar-refractivity contribution in [2.75, 3.05) is 0 Å². The molecule has 2 N–H and O–H groups in total. The lowest BCUT2D eigenvalue weighted by molar-refractivity contribution is -0.142. The summed E-state index contributed by atoms with van der Waals surface area (Å²) in [7, 11) is 0. The molecule has 1 aromatic carbocycles. The number of halogens is 2. The first-order valence-corrected chi connectivity index (χ1v) is 6.75. The number of hydrogen-bond acceptors (Lipinski definition) is 3. The molecule has 0 spiro atoms. The Morgan fingerprint density at radius 3 is 2.52 bits per heavy atom. The molecule has 7 heteroatoms. The molecule has 0 radical (unpaired) electrons. The maximum absolute atomic E-state index is 13.2. The fourth-order valence-corrected chi connectivity index (χ4v) is 1.98. The van der Waals surface area contributed by atoms with Gasteiger partial charge in [0, 0.05) is 11.9 Å². The fraction of sp³-hybridized carbons (Fsp3) is 0.188. The first-order valence-electron chi connectivity index (χ1n) is 6.75. The zero-order valence-electron chi connectivity index (χ0n) is 12.2. The van der Waals surface area contributed by atoms with E-state index in [1.54, 1.807) is 19.1 Å². The van der Waals surface area contributed by atoms with Gasteiger partial charge < -0.3 is 10.4 Å². The molecule has 1 heterocycles. The Morgan fingerprint density at radius 1 is 1.22 bits per heavy atom. The van der Waals surface area contributed by atoms with Gasteiger partial charge in [0.2, 0.25) is 5.91 Å². The van der Waals surface area contributed by atoms with Crippen LogP contribution in [0.4, 0.5) is 8.78 Å². The van der Waals surface area contributed by atoms with Crippen molar-refractivity contribution < 1.29 is 23.5 Å².